The number of rotatable bonds is 5. The van der Waals surface area contributed by atoms with Gasteiger partial charge >= 0.3 is 11.9 Å². The Morgan fingerprint density at radius 3 is 2.87 bits per heavy atom. The summed E-state index contributed by atoms with van der Waals surface area (Å²) < 4.78 is 0.482. The van der Waals surface area contributed by atoms with Crippen LogP contribution in [0.3, 0.4) is 0 Å². The summed E-state index contributed by atoms with van der Waals surface area (Å²) in [5.41, 5.74) is 2.69. The molecule has 23 heavy (non-hydrogen) atoms. The molecule has 0 fully saturated rings. The van der Waals surface area contributed by atoms with E-state index in [0.717, 1.165) is 10.4 Å². The number of carboxylic acid groups (broad SMARTS) is 1. The number of thiazole rings is 1. The summed E-state index contributed by atoms with van der Waals surface area (Å²) in [6.07, 6.45) is 1.47. The molecule has 3 rings (SSSR count). The van der Waals surface area contributed by atoms with Gasteiger partial charge in [0, 0.05) is 17.1 Å². The second kappa shape index (κ2) is 6.01. The minimum Gasteiger partial charge on any atom is -0.739 e. The molecule has 1 aromatic carbocycles. The number of nitrogens with zero attached hydrogens (tertiary/aromatic N) is 4. The van der Waals surface area contributed by atoms with Crippen LogP contribution in [0.15, 0.2) is 29.9 Å². The van der Waals surface area contributed by atoms with E-state index >= 15 is 0 Å². The van der Waals surface area contributed by atoms with Crippen molar-refractivity contribution in [2.45, 2.75) is 6.42 Å². The van der Waals surface area contributed by atoms with Gasteiger partial charge < -0.3 is 15.5 Å². The number of carboxylic acids is 1. The van der Waals surface area contributed by atoms with E-state index in [-0.39, 0.29) is 29.9 Å². The number of hydrogen-bond acceptors (Lipinski definition) is 7. The fraction of sp³-hybridized carbons (Fsp3) is 0.154. The van der Waals surface area contributed by atoms with Crippen molar-refractivity contribution in [3.8, 4) is 10.4 Å². The van der Waals surface area contributed by atoms with Gasteiger partial charge in [-0.2, -0.15) is 0 Å². The zero-order valence-electron chi connectivity index (χ0n) is 11.7. The maximum atomic E-state index is 12.4. The van der Waals surface area contributed by atoms with Gasteiger partial charge in [0.15, 0.2) is 5.52 Å². The minimum absolute atomic E-state index is 0.00931. The lowest BCUT2D eigenvalue weighted by atomic mass is 10.2. The summed E-state index contributed by atoms with van der Waals surface area (Å²) in [6, 6.07) is 4.80. The Bertz CT molecular complexity index is 868. The largest absolute Gasteiger partial charge is 0.739 e. The molecule has 2 heterocycles. The van der Waals surface area contributed by atoms with Gasteiger partial charge in [0.05, 0.1) is 23.4 Å². The lowest BCUT2D eigenvalue weighted by Crippen LogP contribution is -2.44. The van der Waals surface area contributed by atoms with Gasteiger partial charge in [0.1, 0.15) is 0 Å². The van der Waals surface area contributed by atoms with Crippen molar-refractivity contribution in [1.29, 1.82) is 0 Å². The molecule has 2 N–H and O–H groups in total. The van der Waals surface area contributed by atoms with E-state index in [4.69, 9.17) is 5.11 Å². The Balaban J connectivity index is 2.03. The van der Waals surface area contributed by atoms with E-state index in [9.17, 15) is 15.2 Å². The average Bonchev–Trinajstić information content (AvgIpc) is 3.05. The first-order valence-electron chi connectivity index (χ1n) is 6.58. The van der Waals surface area contributed by atoms with Gasteiger partial charge in [-0.05, 0) is 17.7 Å². The van der Waals surface area contributed by atoms with Crippen molar-refractivity contribution < 1.29 is 19.5 Å². The first-order valence-corrected chi connectivity index (χ1v) is 7.46. The number of anilines is 1. The highest BCUT2D eigenvalue weighted by atomic mass is 32.1. The summed E-state index contributed by atoms with van der Waals surface area (Å²) in [5.74, 6) is -1.26. The van der Waals surface area contributed by atoms with E-state index in [0.29, 0.717) is 9.58 Å². The van der Waals surface area contributed by atoms with Gasteiger partial charge in [-0.1, -0.05) is 0 Å². The van der Waals surface area contributed by atoms with Crippen molar-refractivity contribution in [1.82, 2.24) is 10.1 Å². The Hall–Kier alpha value is -3.01. The van der Waals surface area contributed by atoms with Crippen LogP contribution in [0.5, 0.6) is 0 Å². The molecule has 0 unspecified atom stereocenters. The Morgan fingerprint density at radius 2 is 2.17 bits per heavy atom. The van der Waals surface area contributed by atoms with Crippen LogP contribution in [0.2, 0.25) is 0 Å². The highest BCUT2D eigenvalue weighted by Crippen LogP contribution is 2.24. The first-order chi connectivity index (χ1) is 11.1. The highest BCUT2D eigenvalue weighted by Gasteiger charge is 2.20. The number of hydrogen-bond donors (Lipinski definition) is 2. The van der Waals surface area contributed by atoms with Crippen LogP contribution >= 0.6 is 11.3 Å². The number of carbonyl (C=O) groups is 1. The number of benzene rings is 1. The van der Waals surface area contributed by atoms with Crippen LogP contribution in [0.1, 0.15) is 6.42 Å². The molecule has 0 atom stereocenters. The maximum absolute atomic E-state index is 12.4. The van der Waals surface area contributed by atoms with Crippen molar-refractivity contribution >= 4 is 34.3 Å². The first kappa shape index (κ1) is 14.9. The molecule has 10 heteroatoms. The van der Waals surface area contributed by atoms with E-state index in [1.807, 2.05) is 0 Å². The summed E-state index contributed by atoms with van der Waals surface area (Å²) >= 11 is 1.41. The van der Waals surface area contributed by atoms with E-state index in [2.05, 4.69) is 15.4 Å². The fourth-order valence-electron chi connectivity index (χ4n) is 2.04. The van der Waals surface area contributed by atoms with Crippen LogP contribution < -0.4 is 14.9 Å². The van der Waals surface area contributed by atoms with Crippen molar-refractivity contribution in [2.75, 3.05) is 11.9 Å². The average molecular weight is 333 g/mol. The zero-order chi connectivity index (χ0) is 16.4. The van der Waals surface area contributed by atoms with Crippen molar-refractivity contribution in [3.63, 3.8) is 0 Å². The van der Waals surface area contributed by atoms with E-state index in [1.165, 1.54) is 17.4 Å². The molecule has 0 saturated heterocycles. The molecule has 118 valence electrons. The number of fused-ring (bicyclic) bond motifs is 1. The second-order valence-corrected chi connectivity index (χ2v) is 5.52. The molecule has 0 aliphatic carbocycles. The summed E-state index contributed by atoms with van der Waals surface area (Å²) in [5, 5.41) is 39.1. The van der Waals surface area contributed by atoms with Crippen molar-refractivity contribution in [2.24, 2.45) is 0 Å². The topological polar surface area (TPSA) is 129 Å². The zero-order valence-corrected chi connectivity index (χ0v) is 12.5. The lowest BCUT2D eigenvalue weighted by molar-refractivity contribution is -0.672. The fourth-order valence-corrected chi connectivity index (χ4v) is 2.66. The highest BCUT2D eigenvalue weighted by molar-refractivity contribution is 7.13. The second-order valence-electron chi connectivity index (χ2n) is 4.63. The van der Waals surface area contributed by atoms with Crippen molar-refractivity contribution in [3.05, 3.63) is 40.3 Å². The predicted molar refractivity (Wildman–Crippen MR) is 81.5 cm³/mol. The van der Waals surface area contributed by atoms with Gasteiger partial charge in [-0.15, -0.1) is 11.3 Å². The smallest absolute Gasteiger partial charge is 0.460 e. The third kappa shape index (κ3) is 2.97. The quantitative estimate of drug-likeness (QED) is 0.514. The molecular weight excluding hydrogens is 322 g/mol. The molecule has 9 nitrogen and oxygen atoms in total. The van der Waals surface area contributed by atoms with Crippen LogP contribution in [-0.2, 0) is 4.79 Å². The SMILES string of the molecule is O=C(O)CCNc1n[n+]([O-])c2ccc(-c3cncs3)cc2[n+]1[O-]. The molecule has 0 radical (unpaired) electrons. The number of aromatic nitrogens is 4. The Morgan fingerprint density at radius 1 is 1.35 bits per heavy atom. The molecule has 0 saturated carbocycles. The molecular formula is C13H11N5O4S. The summed E-state index contributed by atoms with van der Waals surface area (Å²) in [6.45, 7) is -0.00931. The van der Waals surface area contributed by atoms with E-state index < -0.39 is 5.97 Å². The van der Waals surface area contributed by atoms with Gasteiger partial charge in [-0.25, -0.2) is 4.73 Å². The van der Waals surface area contributed by atoms with Crippen LogP contribution in [0, 0.1) is 10.4 Å². The van der Waals surface area contributed by atoms with Crippen LogP contribution in [0.4, 0.5) is 5.95 Å². The Kier molecular flexibility index (Phi) is 3.89. The number of nitrogens with one attached hydrogen (secondary N) is 1. The monoisotopic (exact) mass is 333 g/mol. The molecule has 0 spiro atoms. The van der Waals surface area contributed by atoms with E-state index in [1.54, 1.807) is 23.8 Å². The Labute approximate surface area is 133 Å². The molecule has 3 aromatic rings. The third-order valence-electron chi connectivity index (χ3n) is 3.12. The lowest BCUT2D eigenvalue weighted by Gasteiger charge is -2.10. The van der Waals surface area contributed by atoms with Gasteiger partial charge in [0.2, 0.25) is 5.10 Å². The molecule has 2 aromatic heterocycles. The summed E-state index contributed by atoms with van der Waals surface area (Å²) in [7, 11) is 0. The molecule has 0 amide bonds. The maximum Gasteiger partial charge on any atom is 0.460 e. The molecule has 0 aliphatic heterocycles. The molecule has 0 bridgehead atoms. The third-order valence-corrected chi connectivity index (χ3v) is 3.94. The standard InChI is InChI=1S/C13H11N5O4S/c19-12(20)3-4-15-13-16-18(22)9-2-1-8(5-10(9)17(13)21)11-6-14-7-23-11/h1-2,5-7H,3-4H2,(H,15,16)(H,19,20). The normalized spacial score (nSPS) is 10.8. The van der Waals surface area contributed by atoms with Crippen LogP contribution in [-0.4, -0.2) is 27.7 Å². The van der Waals surface area contributed by atoms with Gasteiger partial charge in [0.25, 0.3) is 5.52 Å². The summed E-state index contributed by atoms with van der Waals surface area (Å²) in [4.78, 5) is 15.7. The molecule has 0 aliphatic rings. The minimum atomic E-state index is -1.02. The van der Waals surface area contributed by atoms with Gasteiger partial charge in [-0.3, -0.25) is 15.1 Å². The predicted octanol–water partition coefficient (Wildman–Crippen LogP) is 0.512. The number of aliphatic carboxylic acids is 1. The van der Waals surface area contributed by atoms with Crippen LogP contribution in [0.25, 0.3) is 21.5 Å².